The molecule has 38 heavy (non-hydrogen) atoms. The van der Waals surface area contributed by atoms with Gasteiger partial charge in [-0.1, -0.05) is 23.8 Å². The van der Waals surface area contributed by atoms with Crippen LogP contribution in [0.25, 0.3) is 27.9 Å². The number of methoxy groups -OCH3 is 2. The smallest absolute Gasteiger partial charge is 0.336 e. The van der Waals surface area contributed by atoms with E-state index in [4.69, 9.17) is 18.6 Å². The van der Waals surface area contributed by atoms with Gasteiger partial charge in [0.25, 0.3) is 5.56 Å². The molecular formula is C31H31NO6. The fraction of sp³-hybridized carbons (Fsp3) is 0.290. The van der Waals surface area contributed by atoms with Crippen molar-refractivity contribution in [1.29, 1.82) is 0 Å². The lowest BCUT2D eigenvalue weighted by atomic mass is 9.81. The Morgan fingerprint density at radius 3 is 2.50 bits per heavy atom. The molecule has 0 radical (unpaired) electrons. The third-order valence-electron chi connectivity index (χ3n) is 7.07. The number of ether oxygens (including phenoxy) is 3. The summed E-state index contributed by atoms with van der Waals surface area (Å²) in [5, 5.41) is 1.54. The van der Waals surface area contributed by atoms with Gasteiger partial charge in [-0.15, -0.1) is 0 Å². The zero-order valence-corrected chi connectivity index (χ0v) is 22.5. The van der Waals surface area contributed by atoms with Crippen LogP contribution in [0.15, 0.2) is 74.2 Å². The maximum Gasteiger partial charge on any atom is 0.336 e. The van der Waals surface area contributed by atoms with E-state index >= 15 is 0 Å². The lowest BCUT2D eigenvalue weighted by Gasteiger charge is -2.38. The Labute approximate surface area is 220 Å². The summed E-state index contributed by atoms with van der Waals surface area (Å²) in [5.74, 6) is 1.49. The molecule has 1 aliphatic rings. The van der Waals surface area contributed by atoms with Gasteiger partial charge in [0.2, 0.25) is 0 Å². The van der Waals surface area contributed by atoms with Gasteiger partial charge in [-0.25, -0.2) is 4.79 Å². The molecule has 0 N–H and O–H groups in total. The lowest BCUT2D eigenvalue weighted by Crippen LogP contribution is -2.39. The van der Waals surface area contributed by atoms with Crippen molar-refractivity contribution in [1.82, 2.24) is 4.57 Å². The van der Waals surface area contributed by atoms with Gasteiger partial charge < -0.3 is 23.2 Å². The van der Waals surface area contributed by atoms with Crippen LogP contribution in [0.5, 0.6) is 17.2 Å². The maximum atomic E-state index is 13.5. The molecule has 0 saturated heterocycles. The molecule has 0 amide bonds. The Morgan fingerprint density at radius 2 is 1.79 bits per heavy atom. The van der Waals surface area contributed by atoms with Crippen molar-refractivity contribution in [3.63, 3.8) is 0 Å². The van der Waals surface area contributed by atoms with Gasteiger partial charge in [0, 0.05) is 36.9 Å². The predicted molar refractivity (Wildman–Crippen MR) is 150 cm³/mol. The highest BCUT2D eigenvalue weighted by molar-refractivity contribution is 5.93. The van der Waals surface area contributed by atoms with Gasteiger partial charge in [0.1, 0.15) is 22.8 Å². The summed E-state index contributed by atoms with van der Waals surface area (Å²) in [7, 11) is 4.91. The first kappa shape index (κ1) is 25.4. The number of fused-ring (bicyclic) bond motifs is 4. The molecule has 2 aromatic carbocycles. The van der Waals surface area contributed by atoms with Crippen LogP contribution < -0.4 is 25.4 Å². The number of allylic oxidation sites excluding steroid dienone is 2. The highest BCUT2D eigenvalue weighted by Crippen LogP contribution is 2.45. The minimum atomic E-state index is -0.773. The number of hydrogen-bond donors (Lipinski definition) is 0. The number of benzene rings is 2. The summed E-state index contributed by atoms with van der Waals surface area (Å²) in [6.07, 6.45) is 6.49. The van der Waals surface area contributed by atoms with Gasteiger partial charge in [0.15, 0.2) is 5.58 Å². The molecule has 7 heteroatoms. The van der Waals surface area contributed by atoms with Gasteiger partial charge in [-0.05, 0) is 51.1 Å². The van der Waals surface area contributed by atoms with E-state index in [1.807, 2.05) is 57.2 Å². The minimum Gasteiger partial charge on any atom is -0.496 e. The van der Waals surface area contributed by atoms with Gasteiger partial charge in [-0.2, -0.15) is 0 Å². The molecule has 3 heterocycles. The lowest BCUT2D eigenvalue weighted by molar-refractivity contribution is 0.110. The molecule has 2 atom stereocenters. The first-order valence-electron chi connectivity index (χ1n) is 12.5. The summed E-state index contributed by atoms with van der Waals surface area (Å²) in [5.41, 5.74) is 2.26. The quantitative estimate of drug-likeness (QED) is 0.242. The van der Waals surface area contributed by atoms with Crippen LogP contribution in [0.1, 0.15) is 44.2 Å². The second-order valence-electron chi connectivity index (χ2n) is 10.1. The molecule has 196 valence electrons. The van der Waals surface area contributed by atoms with Crippen LogP contribution in [0.2, 0.25) is 0 Å². The molecule has 7 nitrogen and oxygen atoms in total. The first-order valence-corrected chi connectivity index (χ1v) is 12.5. The molecule has 0 fully saturated rings. The number of nitrogens with zero attached hydrogens (tertiary/aromatic N) is 1. The SMILES string of the molecule is COc1cc(OC)c2ccc(=O)oc2c1/C=C/[C@]1(C)C[C@@H](C=C(C)C)c2c(c3ccccc3n(C)c2=O)O1. The molecule has 4 aromatic rings. The number of aryl methyl sites for hydroxylation is 1. The summed E-state index contributed by atoms with van der Waals surface area (Å²) < 4.78 is 25.1. The monoisotopic (exact) mass is 513 g/mol. The molecule has 2 aromatic heterocycles. The Morgan fingerprint density at radius 1 is 1.05 bits per heavy atom. The highest BCUT2D eigenvalue weighted by Gasteiger charge is 2.38. The fourth-order valence-corrected chi connectivity index (χ4v) is 5.34. The topological polar surface area (TPSA) is 79.9 Å². The van der Waals surface area contributed by atoms with E-state index in [-0.39, 0.29) is 11.5 Å². The van der Waals surface area contributed by atoms with Crippen molar-refractivity contribution >= 4 is 27.9 Å². The second-order valence-corrected chi connectivity index (χ2v) is 10.1. The number of pyridine rings is 1. The third kappa shape index (κ3) is 4.28. The fourth-order valence-electron chi connectivity index (χ4n) is 5.34. The predicted octanol–water partition coefficient (Wildman–Crippen LogP) is 5.97. The summed E-state index contributed by atoms with van der Waals surface area (Å²) in [4.78, 5) is 25.6. The van der Waals surface area contributed by atoms with Crippen molar-refractivity contribution in [2.24, 2.45) is 7.05 Å². The molecule has 0 unspecified atom stereocenters. The number of para-hydroxylation sites is 1. The van der Waals surface area contributed by atoms with Crippen LogP contribution in [0.4, 0.5) is 0 Å². The zero-order chi connectivity index (χ0) is 27.2. The van der Waals surface area contributed by atoms with Crippen molar-refractivity contribution in [2.75, 3.05) is 14.2 Å². The van der Waals surface area contributed by atoms with Crippen molar-refractivity contribution in [3.05, 3.63) is 92.1 Å². The van der Waals surface area contributed by atoms with Crippen LogP contribution in [0, 0.1) is 0 Å². The van der Waals surface area contributed by atoms with Crippen molar-refractivity contribution in [2.45, 2.75) is 38.7 Å². The summed E-state index contributed by atoms with van der Waals surface area (Å²) >= 11 is 0. The second kappa shape index (κ2) is 9.56. The first-order chi connectivity index (χ1) is 18.2. The molecule has 0 bridgehead atoms. The van der Waals surface area contributed by atoms with Crippen molar-refractivity contribution < 1.29 is 18.6 Å². The summed E-state index contributed by atoms with van der Waals surface area (Å²) in [6, 6.07) is 12.6. The van der Waals surface area contributed by atoms with E-state index in [9.17, 15) is 9.59 Å². The molecule has 0 spiro atoms. The van der Waals surface area contributed by atoms with E-state index in [0.717, 1.165) is 16.5 Å². The Bertz CT molecular complexity index is 1740. The van der Waals surface area contributed by atoms with E-state index in [1.54, 1.807) is 38.0 Å². The largest absolute Gasteiger partial charge is 0.496 e. The van der Waals surface area contributed by atoms with Crippen LogP contribution in [-0.4, -0.2) is 24.4 Å². The molecular weight excluding hydrogens is 482 g/mol. The average Bonchev–Trinajstić information content (AvgIpc) is 2.89. The van der Waals surface area contributed by atoms with Gasteiger partial charge >= 0.3 is 5.63 Å². The van der Waals surface area contributed by atoms with Gasteiger partial charge in [0.05, 0.1) is 36.2 Å². The maximum absolute atomic E-state index is 13.5. The van der Waals surface area contributed by atoms with E-state index < -0.39 is 11.2 Å². The number of rotatable bonds is 5. The number of aromatic nitrogens is 1. The Hall–Kier alpha value is -4.26. The number of hydrogen-bond acceptors (Lipinski definition) is 6. The molecule has 0 saturated carbocycles. The van der Waals surface area contributed by atoms with Crippen LogP contribution in [-0.2, 0) is 7.05 Å². The van der Waals surface area contributed by atoms with E-state index in [0.29, 0.717) is 45.8 Å². The molecule has 1 aliphatic heterocycles. The molecule has 5 rings (SSSR count). The van der Waals surface area contributed by atoms with Gasteiger partial charge in [-0.3, -0.25) is 4.79 Å². The zero-order valence-electron chi connectivity index (χ0n) is 22.5. The van der Waals surface area contributed by atoms with Crippen molar-refractivity contribution in [3.8, 4) is 17.2 Å². The standard InChI is InChI=1S/C31H31NO6/c1-18(2)15-19-17-31(3,38-29-20-9-7-8-10-23(20)32(4)30(34)27(19)29)14-13-22-25(36-6)16-24(35-5)21-11-12-26(33)37-28(21)22/h7-16,19H,17H2,1-6H3/b14-13+/t19-,31-/m1/s1. The highest BCUT2D eigenvalue weighted by atomic mass is 16.5. The Balaban J connectivity index is 1.71. The summed E-state index contributed by atoms with van der Waals surface area (Å²) in [6.45, 7) is 6.06. The Kier molecular flexibility index (Phi) is 6.39. The minimum absolute atomic E-state index is 0.0585. The molecule has 0 aliphatic carbocycles. The van der Waals surface area contributed by atoms with E-state index in [1.165, 1.54) is 6.07 Å². The average molecular weight is 514 g/mol. The van der Waals surface area contributed by atoms with Crippen LogP contribution >= 0.6 is 0 Å². The van der Waals surface area contributed by atoms with E-state index in [2.05, 4.69) is 6.08 Å². The normalized spacial score (nSPS) is 18.8. The van der Waals surface area contributed by atoms with Crippen LogP contribution in [0.3, 0.4) is 0 Å². The third-order valence-corrected chi connectivity index (χ3v) is 7.07.